The predicted octanol–water partition coefficient (Wildman–Crippen LogP) is 4.14. The van der Waals surface area contributed by atoms with Crippen LogP contribution in [0.25, 0.3) is 11.3 Å². The van der Waals surface area contributed by atoms with Crippen LogP contribution in [-0.4, -0.2) is 6.04 Å². The highest BCUT2D eigenvalue weighted by Crippen LogP contribution is 2.34. The van der Waals surface area contributed by atoms with E-state index in [4.69, 9.17) is 33.4 Å². The third kappa shape index (κ3) is 2.83. The molecule has 1 aromatic carbocycles. The number of furan rings is 1. The average Bonchev–Trinajstić information content (AvgIpc) is 2.69. The fourth-order valence-corrected chi connectivity index (χ4v) is 2.04. The molecule has 17 heavy (non-hydrogen) atoms. The molecule has 0 aliphatic heterocycles. The molecular formula is C13H13Cl2NO. The second-order valence-corrected chi connectivity index (χ2v) is 4.83. The lowest BCUT2D eigenvalue weighted by atomic mass is 10.2. The highest BCUT2D eigenvalue weighted by atomic mass is 35.5. The van der Waals surface area contributed by atoms with Gasteiger partial charge >= 0.3 is 0 Å². The fourth-order valence-electron chi connectivity index (χ4n) is 1.64. The van der Waals surface area contributed by atoms with Crippen LogP contribution in [0.15, 0.2) is 34.7 Å². The summed E-state index contributed by atoms with van der Waals surface area (Å²) in [4.78, 5) is 0. The molecule has 2 N–H and O–H groups in total. The zero-order valence-corrected chi connectivity index (χ0v) is 10.9. The number of nitrogens with two attached hydrogens (primary N) is 1. The van der Waals surface area contributed by atoms with Crippen LogP contribution >= 0.6 is 23.2 Å². The number of rotatable bonds is 3. The Bertz CT molecular complexity index is 520. The lowest BCUT2D eigenvalue weighted by molar-refractivity contribution is 0.503. The molecule has 0 amide bonds. The minimum absolute atomic E-state index is 0.0730. The van der Waals surface area contributed by atoms with E-state index in [9.17, 15) is 0 Å². The second-order valence-electron chi connectivity index (χ2n) is 4.05. The SMILES string of the molecule is CC(N)Cc1ccc(-c2cccc(Cl)c2Cl)o1. The van der Waals surface area contributed by atoms with Gasteiger partial charge in [-0.25, -0.2) is 0 Å². The maximum absolute atomic E-state index is 6.13. The lowest BCUT2D eigenvalue weighted by Crippen LogP contribution is -2.17. The van der Waals surface area contributed by atoms with Gasteiger partial charge in [-0.3, -0.25) is 0 Å². The van der Waals surface area contributed by atoms with Crippen LogP contribution < -0.4 is 5.73 Å². The summed E-state index contributed by atoms with van der Waals surface area (Å²) in [5.74, 6) is 1.57. The molecule has 0 radical (unpaired) electrons. The highest BCUT2D eigenvalue weighted by molar-refractivity contribution is 6.43. The Hall–Kier alpha value is -0.960. The van der Waals surface area contributed by atoms with Crippen molar-refractivity contribution in [2.45, 2.75) is 19.4 Å². The summed E-state index contributed by atoms with van der Waals surface area (Å²) in [5, 5.41) is 1.03. The van der Waals surface area contributed by atoms with E-state index >= 15 is 0 Å². The number of halogens is 2. The third-order valence-corrected chi connectivity index (χ3v) is 3.22. The Morgan fingerprint density at radius 1 is 1.24 bits per heavy atom. The Kier molecular flexibility index (Phi) is 3.77. The van der Waals surface area contributed by atoms with E-state index in [0.29, 0.717) is 22.2 Å². The summed E-state index contributed by atoms with van der Waals surface area (Å²) in [6.07, 6.45) is 0.707. The van der Waals surface area contributed by atoms with Gasteiger partial charge in [0.05, 0.1) is 10.0 Å². The second kappa shape index (κ2) is 5.13. The van der Waals surface area contributed by atoms with Gasteiger partial charge in [0, 0.05) is 18.0 Å². The van der Waals surface area contributed by atoms with Crippen molar-refractivity contribution in [3.8, 4) is 11.3 Å². The molecule has 90 valence electrons. The monoisotopic (exact) mass is 269 g/mol. The molecule has 0 aliphatic rings. The van der Waals surface area contributed by atoms with Gasteiger partial charge in [0.2, 0.25) is 0 Å². The van der Waals surface area contributed by atoms with Crippen molar-refractivity contribution in [2.24, 2.45) is 5.73 Å². The van der Waals surface area contributed by atoms with Gasteiger partial charge in [-0.2, -0.15) is 0 Å². The van der Waals surface area contributed by atoms with Gasteiger partial charge in [-0.1, -0.05) is 29.3 Å². The molecule has 0 aliphatic carbocycles. The summed E-state index contributed by atoms with van der Waals surface area (Å²) in [7, 11) is 0. The van der Waals surface area contributed by atoms with Crippen molar-refractivity contribution in [1.29, 1.82) is 0 Å². The Morgan fingerprint density at radius 3 is 2.71 bits per heavy atom. The molecule has 1 atom stereocenters. The number of hydrogen-bond donors (Lipinski definition) is 1. The summed E-state index contributed by atoms with van der Waals surface area (Å²) < 4.78 is 5.69. The first-order valence-corrected chi connectivity index (χ1v) is 6.12. The topological polar surface area (TPSA) is 39.2 Å². The van der Waals surface area contributed by atoms with E-state index in [0.717, 1.165) is 11.3 Å². The fraction of sp³-hybridized carbons (Fsp3) is 0.231. The van der Waals surface area contributed by atoms with E-state index in [2.05, 4.69) is 0 Å². The van der Waals surface area contributed by atoms with Crippen LogP contribution in [0.4, 0.5) is 0 Å². The van der Waals surface area contributed by atoms with Crippen molar-refractivity contribution < 1.29 is 4.42 Å². The first kappa shape index (κ1) is 12.5. The van der Waals surface area contributed by atoms with E-state index < -0.39 is 0 Å². The summed E-state index contributed by atoms with van der Waals surface area (Å²) in [5.41, 5.74) is 6.52. The van der Waals surface area contributed by atoms with Gasteiger partial charge in [-0.05, 0) is 31.2 Å². The van der Waals surface area contributed by atoms with E-state index in [1.165, 1.54) is 0 Å². The standard InChI is InChI=1S/C13H13Cl2NO/c1-8(16)7-9-5-6-12(17-9)10-3-2-4-11(14)13(10)15/h2-6,8H,7,16H2,1H3. The quantitative estimate of drug-likeness (QED) is 0.910. The molecule has 1 unspecified atom stereocenters. The van der Waals surface area contributed by atoms with Crippen LogP contribution in [0.5, 0.6) is 0 Å². The maximum atomic E-state index is 6.13. The number of hydrogen-bond acceptors (Lipinski definition) is 2. The molecule has 2 rings (SSSR count). The molecule has 1 heterocycles. The normalized spacial score (nSPS) is 12.7. The van der Waals surface area contributed by atoms with Crippen molar-refractivity contribution >= 4 is 23.2 Å². The van der Waals surface area contributed by atoms with Crippen LogP contribution in [0, 0.1) is 0 Å². The highest BCUT2D eigenvalue weighted by Gasteiger charge is 2.11. The Morgan fingerprint density at radius 2 is 2.00 bits per heavy atom. The zero-order chi connectivity index (χ0) is 12.4. The van der Waals surface area contributed by atoms with Gasteiger partial charge in [0.1, 0.15) is 11.5 Å². The third-order valence-electron chi connectivity index (χ3n) is 2.40. The van der Waals surface area contributed by atoms with Crippen molar-refractivity contribution in [2.75, 3.05) is 0 Å². The molecular weight excluding hydrogens is 257 g/mol. The minimum Gasteiger partial charge on any atom is -0.461 e. The van der Waals surface area contributed by atoms with Gasteiger partial charge in [0.15, 0.2) is 0 Å². The van der Waals surface area contributed by atoms with Crippen LogP contribution in [0.3, 0.4) is 0 Å². The van der Waals surface area contributed by atoms with Gasteiger partial charge in [-0.15, -0.1) is 0 Å². The van der Waals surface area contributed by atoms with Crippen LogP contribution in [0.2, 0.25) is 10.0 Å². The molecule has 4 heteroatoms. The molecule has 0 spiro atoms. The molecule has 0 bridgehead atoms. The molecule has 2 nitrogen and oxygen atoms in total. The van der Waals surface area contributed by atoms with Crippen LogP contribution in [-0.2, 0) is 6.42 Å². The van der Waals surface area contributed by atoms with Crippen molar-refractivity contribution in [1.82, 2.24) is 0 Å². The molecule has 0 saturated heterocycles. The average molecular weight is 270 g/mol. The predicted molar refractivity (Wildman–Crippen MR) is 71.5 cm³/mol. The van der Waals surface area contributed by atoms with E-state index in [1.54, 1.807) is 6.07 Å². The summed E-state index contributed by atoms with van der Waals surface area (Å²) in [6, 6.07) is 9.34. The number of benzene rings is 1. The smallest absolute Gasteiger partial charge is 0.135 e. The Labute approximate surface area is 110 Å². The molecule has 0 fully saturated rings. The van der Waals surface area contributed by atoms with Crippen LogP contribution in [0.1, 0.15) is 12.7 Å². The first-order valence-electron chi connectivity index (χ1n) is 5.36. The molecule has 2 aromatic rings. The molecule has 0 saturated carbocycles. The summed E-state index contributed by atoms with van der Waals surface area (Å²) in [6.45, 7) is 1.94. The largest absolute Gasteiger partial charge is 0.461 e. The maximum Gasteiger partial charge on any atom is 0.135 e. The lowest BCUT2D eigenvalue weighted by Gasteiger charge is -2.03. The van der Waals surface area contributed by atoms with E-state index in [1.807, 2.05) is 31.2 Å². The Balaban J connectivity index is 2.34. The zero-order valence-electron chi connectivity index (χ0n) is 9.41. The van der Waals surface area contributed by atoms with E-state index in [-0.39, 0.29) is 6.04 Å². The summed E-state index contributed by atoms with van der Waals surface area (Å²) >= 11 is 12.1. The molecule has 1 aromatic heterocycles. The minimum atomic E-state index is 0.0730. The van der Waals surface area contributed by atoms with Crippen molar-refractivity contribution in [3.05, 3.63) is 46.1 Å². The van der Waals surface area contributed by atoms with Gasteiger partial charge < -0.3 is 10.2 Å². The van der Waals surface area contributed by atoms with Gasteiger partial charge in [0.25, 0.3) is 0 Å². The van der Waals surface area contributed by atoms with Crippen molar-refractivity contribution in [3.63, 3.8) is 0 Å². The first-order chi connectivity index (χ1) is 8.08.